The highest BCUT2D eigenvalue weighted by Gasteiger charge is 2.13. The van der Waals surface area contributed by atoms with Crippen LogP contribution < -0.4 is 0 Å². The Morgan fingerprint density at radius 3 is 1.63 bits per heavy atom. The van der Waals surface area contributed by atoms with Gasteiger partial charge in [-0.3, -0.25) is 0 Å². The summed E-state index contributed by atoms with van der Waals surface area (Å²) in [6, 6.07) is 9.51. The smallest absolute Gasteiger partial charge is 0.0162 e. The maximum absolute atomic E-state index is 2.38. The van der Waals surface area contributed by atoms with Crippen LogP contribution in [0.4, 0.5) is 0 Å². The maximum atomic E-state index is 2.38. The molecule has 1 aromatic rings. The van der Waals surface area contributed by atoms with Gasteiger partial charge >= 0.3 is 0 Å². The van der Waals surface area contributed by atoms with Gasteiger partial charge in [0.1, 0.15) is 0 Å². The molecule has 108 valence electrons. The average molecular weight is 260 g/mol. The topological polar surface area (TPSA) is 0 Å². The van der Waals surface area contributed by atoms with Crippen molar-refractivity contribution in [2.75, 3.05) is 0 Å². The summed E-state index contributed by atoms with van der Waals surface area (Å²) in [6.45, 7) is 11.6. The van der Waals surface area contributed by atoms with Crippen molar-refractivity contribution in [3.05, 3.63) is 35.4 Å². The zero-order valence-corrected chi connectivity index (χ0v) is 13.6. The number of hydrogen-bond donors (Lipinski definition) is 0. The molecule has 0 saturated heterocycles. The number of rotatable bonds is 8. The van der Waals surface area contributed by atoms with Crippen molar-refractivity contribution in [1.82, 2.24) is 0 Å². The summed E-state index contributed by atoms with van der Waals surface area (Å²) in [5, 5.41) is 0. The van der Waals surface area contributed by atoms with Gasteiger partial charge in [0.25, 0.3) is 0 Å². The molecule has 2 atom stereocenters. The van der Waals surface area contributed by atoms with Gasteiger partial charge in [-0.25, -0.2) is 0 Å². The third-order valence-electron chi connectivity index (χ3n) is 4.26. The van der Waals surface area contributed by atoms with E-state index in [2.05, 4.69) is 58.9 Å². The highest BCUT2D eigenvalue weighted by atomic mass is 14.2. The molecule has 0 aliphatic heterocycles. The summed E-state index contributed by atoms with van der Waals surface area (Å²) >= 11 is 0. The monoisotopic (exact) mass is 260 g/mol. The van der Waals surface area contributed by atoms with E-state index in [1.807, 2.05) is 0 Å². The summed E-state index contributed by atoms with van der Waals surface area (Å²) in [4.78, 5) is 0. The van der Waals surface area contributed by atoms with Gasteiger partial charge in [-0.1, -0.05) is 65.3 Å². The second-order valence-electron chi connectivity index (χ2n) is 6.30. The molecule has 0 spiro atoms. The van der Waals surface area contributed by atoms with Crippen LogP contribution in [0.2, 0.25) is 0 Å². The van der Waals surface area contributed by atoms with E-state index in [1.165, 1.54) is 43.2 Å². The van der Waals surface area contributed by atoms with Crippen LogP contribution in [0.1, 0.15) is 89.7 Å². The average Bonchev–Trinajstić information content (AvgIpc) is 2.42. The minimum atomic E-state index is 0.736. The maximum Gasteiger partial charge on any atom is -0.0162 e. The number of hydrogen-bond acceptors (Lipinski definition) is 0. The minimum Gasteiger partial charge on any atom is -0.0654 e. The summed E-state index contributed by atoms with van der Waals surface area (Å²) in [7, 11) is 0. The first-order valence-corrected chi connectivity index (χ1v) is 8.22. The largest absolute Gasteiger partial charge is 0.0654 e. The molecule has 0 aliphatic rings. The van der Waals surface area contributed by atoms with Crippen LogP contribution in [0.15, 0.2) is 24.3 Å². The van der Waals surface area contributed by atoms with Gasteiger partial charge in [0.2, 0.25) is 0 Å². The molecule has 0 heteroatoms. The molecule has 0 fully saturated rings. The predicted molar refractivity (Wildman–Crippen MR) is 86.9 cm³/mol. The van der Waals surface area contributed by atoms with Crippen LogP contribution in [-0.2, 0) is 0 Å². The van der Waals surface area contributed by atoms with Crippen molar-refractivity contribution >= 4 is 0 Å². The van der Waals surface area contributed by atoms with Gasteiger partial charge in [-0.05, 0) is 54.6 Å². The van der Waals surface area contributed by atoms with E-state index in [9.17, 15) is 0 Å². The Balaban J connectivity index is 2.79. The second kappa shape index (κ2) is 8.40. The number of benzene rings is 1. The van der Waals surface area contributed by atoms with E-state index >= 15 is 0 Å². The van der Waals surface area contributed by atoms with Gasteiger partial charge in [0, 0.05) is 0 Å². The lowest BCUT2D eigenvalue weighted by Crippen LogP contribution is -2.03. The zero-order chi connectivity index (χ0) is 14.3. The van der Waals surface area contributed by atoms with E-state index in [0.717, 1.165) is 17.8 Å². The van der Waals surface area contributed by atoms with Crippen molar-refractivity contribution in [3.8, 4) is 0 Å². The van der Waals surface area contributed by atoms with Crippen LogP contribution in [0.5, 0.6) is 0 Å². The quantitative estimate of drug-likeness (QED) is 0.499. The van der Waals surface area contributed by atoms with Crippen LogP contribution in [0, 0.1) is 5.92 Å². The van der Waals surface area contributed by atoms with Crippen LogP contribution in [-0.4, -0.2) is 0 Å². The zero-order valence-electron chi connectivity index (χ0n) is 13.6. The fourth-order valence-electron chi connectivity index (χ4n) is 3.10. The lowest BCUT2D eigenvalue weighted by atomic mass is 9.86. The van der Waals surface area contributed by atoms with E-state index in [4.69, 9.17) is 0 Å². The fraction of sp³-hybridized carbons (Fsp3) is 0.684. The molecule has 1 aromatic carbocycles. The molecule has 0 nitrogen and oxygen atoms in total. The highest BCUT2D eigenvalue weighted by Crippen LogP contribution is 2.30. The molecular weight excluding hydrogens is 228 g/mol. The first-order chi connectivity index (χ1) is 9.12. The molecule has 0 bridgehead atoms. The van der Waals surface area contributed by atoms with Crippen LogP contribution in [0.25, 0.3) is 0 Å². The molecule has 19 heavy (non-hydrogen) atoms. The van der Waals surface area contributed by atoms with Gasteiger partial charge in [0.15, 0.2) is 0 Å². The molecule has 0 aromatic heterocycles. The molecule has 0 aliphatic carbocycles. The van der Waals surface area contributed by atoms with Crippen molar-refractivity contribution in [2.45, 2.75) is 78.6 Å². The Hall–Kier alpha value is -0.780. The molecule has 0 amide bonds. The molecule has 1 rings (SSSR count). The summed E-state index contributed by atoms with van der Waals surface area (Å²) < 4.78 is 0. The van der Waals surface area contributed by atoms with E-state index in [-0.39, 0.29) is 0 Å². The van der Waals surface area contributed by atoms with Gasteiger partial charge in [0.05, 0.1) is 0 Å². The molecule has 0 heterocycles. The fourth-order valence-corrected chi connectivity index (χ4v) is 3.10. The molecule has 0 saturated carbocycles. The van der Waals surface area contributed by atoms with Gasteiger partial charge in [-0.2, -0.15) is 0 Å². The second-order valence-corrected chi connectivity index (χ2v) is 6.30. The Kier molecular flexibility index (Phi) is 7.20. The Morgan fingerprint density at radius 1 is 0.789 bits per heavy atom. The first kappa shape index (κ1) is 16.3. The highest BCUT2D eigenvalue weighted by molar-refractivity contribution is 5.27. The predicted octanol–water partition coefficient (Wildman–Crippen LogP) is 6.52. The van der Waals surface area contributed by atoms with Crippen molar-refractivity contribution in [2.24, 2.45) is 5.92 Å². The standard InChI is InChI=1S/C19H32/c1-6-9-16(7-2)18-10-12-19(13-11-18)17(8-3)14-15(4)5/h10-13,15-17H,6-9,14H2,1-5H3. The van der Waals surface area contributed by atoms with Crippen LogP contribution >= 0.6 is 0 Å². The molecule has 0 N–H and O–H groups in total. The summed E-state index contributed by atoms with van der Waals surface area (Å²) in [5.74, 6) is 2.28. The lowest BCUT2D eigenvalue weighted by Gasteiger charge is -2.20. The van der Waals surface area contributed by atoms with Crippen molar-refractivity contribution < 1.29 is 0 Å². The minimum absolute atomic E-state index is 0.736. The van der Waals surface area contributed by atoms with E-state index in [1.54, 1.807) is 0 Å². The Morgan fingerprint density at radius 2 is 1.26 bits per heavy atom. The van der Waals surface area contributed by atoms with Crippen LogP contribution in [0.3, 0.4) is 0 Å². The molecular formula is C19H32. The summed E-state index contributed by atoms with van der Waals surface area (Å²) in [6.07, 6.45) is 6.42. The SMILES string of the molecule is CCCC(CC)c1ccc(C(CC)CC(C)C)cc1. The lowest BCUT2D eigenvalue weighted by molar-refractivity contribution is 0.489. The van der Waals surface area contributed by atoms with Gasteiger partial charge < -0.3 is 0 Å². The van der Waals surface area contributed by atoms with E-state index < -0.39 is 0 Å². The summed E-state index contributed by atoms with van der Waals surface area (Å²) in [5.41, 5.74) is 3.07. The molecule has 2 unspecified atom stereocenters. The Labute approximate surface area is 120 Å². The Bertz CT molecular complexity index is 334. The molecule has 0 radical (unpaired) electrons. The van der Waals surface area contributed by atoms with E-state index in [0.29, 0.717) is 0 Å². The third kappa shape index (κ3) is 5.01. The first-order valence-electron chi connectivity index (χ1n) is 8.22. The normalized spacial score (nSPS) is 14.6. The third-order valence-corrected chi connectivity index (χ3v) is 4.26. The van der Waals surface area contributed by atoms with Crippen molar-refractivity contribution in [1.29, 1.82) is 0 Å². The van der Waals surface area contributed by atoms with Gasteiger partial charge in [-0.15, -0.1) is 0 Å². The van der Waals surface area contributed by atoms with Crippen molar-refractivity contribution in [3.63, 3.8) is 0 Å².